The maximum absolute atomic E-state index is 15.6. The van der Waals surface area contributed by atoms with E-state index in [4.69, 9.17) is 0 Å². The molecule has 0 bridgehead atoms. The summed E-state index contributed by atoms with van der Waals surface area (Å²) in [5, 5.41) is 9.74. The summed E-state index contributed by atoms with van der Waals surface area (Å²) in [4.78, 5) is 45.1. The second-order valence-electron chi connectivity index (χ2n) is 12.6. The number of rotatable bonds is 13. The van der Waals surface area contributed by atoms with E-state index in [9.17, 15) is 19.5 Å². The van der Waals surface area contributed by atoms with Gasteiger partial charge in [0.25, 0.3) is 11.5 Å². The number of benzene rings is 2. The number of carboxylic acid groups (broad SMARTS) is 1. The monoisotopic (exact) mass is 603 g/mol. The van der Waals surface area contributed by atoms with Gasteiger partial charge in [-0.05, 0) is 124 Å². The number of aliphatic imine (C=N–C) groups is 1. The Morgan fingerprint density at radius 2 is 1.66 bits per heavy atom. The average Bonchev–Trinajstić information content (AvgIpc) is 2.92. The van der Waals surface area contributed by atoms with Gasteiger partial charge in [0.1, 0.15) is 11.9 Å². The van der Waals surface area contributed by atoms with Crippen molar-refractivity contribution in [3.63, 3.8) is 0 Å². The van der Waals surface area contributed by atoms with Crippen molar-refractivity contribution < 1.29 is 19.1 Å². The van der Waals surface area contributed by atoms with E-state index in [1.165, 1.54) is 10.8 Å². The van der Waals surface area contributed by atoms with Gasteiger partial charge in [-0.25, -0.2) is 9.38 Å². The number of pyridine rings is 1. The molecule has 0 radical (unpaired) electrons. The summed E-state index contributed by atoms with van der Waals surface area (Å²) in [6.07, 6.45) is 4.35. The van der Waals surface area contributed by atoms with Gasteiger partial charge in [-0.2, -0.15) is 0 Å². The molecule has 3 rings (SSSR count). The Labute approximate surface area is 260 Å². The first-order chi connectivity index (χ1) is 20.7. The minimum Gasteiger partial charge on any atom is -0.481 e. The SMILES string of the molecule is Cc1cc(=O)n(C(CCC(C)C)C(=O)/N=C/C(CC(=O)O)c2cc(-c3c(C)cccc3C)cc(C)c2F)cc1CCN(C)C. The molecular formula is C36H46FN3O4. The highest BCUT2D eigenvalue weighted by Gasteiger charge is 2.25. The summed E-state index contributed by atoms with van der Waals surface area (Å²) in [5.74, 6) is -2.93. The Balaban J connectivity index is 2.07. The fraction of sp³-hybridized carbons (Fsp3) is 0.444. The van der Waals surface area contributed by atoms with Gasteiger partial charge >= 0.3 is 5.97 Å². The van der Waals surface area contributed by atoms with Crippen LogP contribution in [-0.4, -0.2) is 53.3 Å². The molecule has 1 aromatic heterocycles. The summed E-state index contributed by atoms with van der Waals surface area (Å²) in [6, 6.07) is 10.0. The molecule has 3 aromatic rings. The molecule has 236 valence electrons. The van der Waals surface area contributed by atoms with Crippen LogP contribution >= 0.6 is 0 Å². The fourth-order valence-electron chi connectivity index (χ4n) is 5.57. The van der Waals surface area contributed by atoms with Crippen LogP contribution in [0.2, 0.25) is 0 Å². The van der Waals surface area contributed by atoms with Crippen LogP contribution in [0.1, 0.15) is 78.5 Å². The molecule has 0 saturated carbocycles. The lowest BCUT2D eigenvalue weighted by molar-refractivity contribution is -0.137. The topological polar surface area (TPSA) is 92.0 Å². The minimum absolute atomic E-state index is 0.166. The standard InChI is InChI=1S/C36H46FN3O4/c1-22(2)12-13-31(40-21-27(14-15-39(7)8)25(5)17-32(40)41)36(44)38-20-29(19-33(42)43)30-18-28(16-26(6)35(30)37)34-23(3)10-9-11-24(34)4/h9-11,16-18,20-22,29,31H,12-15,19H2,1-8H3,(H,42,43)/b38-20+. The first kappa shape index (κ1) is 34.6. The molecule has 0 fully saturated rings. The number of carbonyl (C=O) groups is 2. The van der Waals surface area contributed by atoms with E-state index in [2.05, 4.69) is 9.89 Å². The van der Waals surface area contributed by atoms with Gasteiger partial charge in [-0.3, -0.25) is 14.4 Å². The second-order valence-corrected chi connectivity index (χ2v) is 12.6. The van der Waals surface area contributed by atoms with Crippen LogP contribution < -0.4 is 5.56 Å². The van der Waals surface area contributed by atoms with Crippen molar-refractivity contribution in [1.82, 2.24) is 9.47 Å². The third-order valence-electron chi connectivity index (χ3n) is 8.09. The van der Waals surface area contributed by atoms with Gasteiger partial charge in [0, 0.05) is 30.9 Å². The Morgan fingerprint density at radius 3 is 2.25 bits per heavy atom. The zero-order chi connectivity index (χ0) is 32.7. The maximum Gasteiger partial charge on any atom is 0.304 e. The fourth-order valence-corrected chi connectivity index (χ4v) is 5.57. The molecule has 2 unspecified atom stereocenters. The third kappa shape index (κ3) is 8.82. The van der Waals surface area contributed by atoms with E-state index in [1.54, 1.807) is 31.3 Å². The van der Waals surface area contributed by atoms with Gasteiger partial charge < -0.3 is 14.6 Å². The van der Waals surface area contributed by atoms with E-state index < -0.39 is 36.1 Å². The summed E-state index contributed by atoms with van der Waals surface area (Å²) < 4.78 is 17.1. The molecule has 0 spiro atoms. The molecule has 1 heterocycles. The Morgan fingerprint density at radius 1 is 1.00 bits per heavy atom. The smallest absolute Gasteiger partial charge is 0.304 e. The number of halogens is 1. The van der Waals surface area contributed by atoms with Crippen LogP contribution in [0.4, 0.5) is 4.39 Å². The zero-order valence-corrected chi connectivity index (χ0v) is 27.3. The molecule has 0 aliphatic heterocycles. The Kier molecular flexibility index (Phi) is 11.9. The molecule has 2 aromatic carbocycles. The number of hydrogen-bond donors (Lipinski definition) is 1. The maximum atomic E-state index is 15.6. The predicted molar refractivity (Wildman–Crippen MR) is 175 cm³/mol. The number of aryl methyl sites for hydroxylation is 4. The van der Waals surface area contributed by atoms with Crippen molar-refractivity contribution in [1.29, 1.82) is 0 Å². The van der Waals surface area contributed by atoms with Crippen molar-refractivity contribution in [3.05, 3.63) is 92.1 Å². The molecule has 0 aliphatic rings. The number of amides is 1. The van der Waals surface area contributed by atoms with Crippen molar-refractivity contribution in [3.8, 4) is 11.1 Å². The lowest BCUT2D eigenvalue weighted by Gasteiger charge is -2.21. The van der Waals surface area contributed by atoms with Crippen molar-refractivity contribution in [2.24, 2.45) is 10.9 Å². The highest BCUT2D eigenvalue weighted by Crippen LogP contribution is 2.33. The summed E-state index contributed by atoms with van der Waals surface area (Å²) in [7, 11) is 3.95. The van der Waals surface area contributed by atoms with Gasteiger partial charge in [0.05, 0.1) is 6.42 Å². The van der Waals surface area contributed by atoms with Crippen LogP contribution in [0, 0.1) is 39.4 Å². The lowest BCUT2D eigenvalue weighted by Crippen LogP contribution is -2.30. The van der Waals surface area contributed by atoms with Crippen LogP contribution in [0.3, 0.4) is 0 Å². The first-order valence-corrected chi connectivity index (χ1v) is 15.2. The largest absolute Gasteiger partial charge is 0.481 e. The van der Waals surface area contributed by atoms with E-state index in [1.807, 2.05) is 66.9 Å². The summed E-state index contributed by atoms with van der Waals surface area (Å²) in [5.41, 5.74) is 5.84. The summed E-state index contributed by atoms with van der Waals surface area (Å²) in [6.45, 7) is 12.4. The predicted octanol–water partition coefficient (Wildman–Crippen LogP) is 6.83. The van der Waals surface area contributed by atoms with E-state index in [0.717, 1.165) is 39.9 Å². The molecule has 1 amide bonds. The Bertz CT molecular complexity index is 1570. The van der Waals surface area contributed by atoms with Crippen molar-refractivity contribution >= 4 is 18.1 Å². The van der Waals surface area contributed by atoms with E-state index >= 15 is 4.39 Å². The van der Waals surface area contributed by atoms with Crippen molar-refractivity contribution in [2.45, 2.75) is 79.2 Å². The second kappa shape index (κ2) is 15.2. The van der Waals surface area contributed by atoms with Gasteiger partial charge in [-0.15, -0.1) is 0 Å². The van der Waals surface area contributed by atoms with Crippen LogP contribution in [0.15, 0.2) is 52.4 Å². The van der Waals surface area contributed by atoms with E-state index in [0.29, 0.717) is 24.8 Å². The number of hydrogen-bond acceptors (Lipinski definition) is 4. The van der Waals surface area contributed by atoms with Gasteiger partial charge in [-0.1, -0.05) is 32.0 Å². The number of aliphatic carboxylic acids is 1. The number of nitrogens with zero attached hydrogens (tertiary/aromatic N) is 3. The van der Waals surface area contributed by atoms with Gasteiger partial charge in [0.15, 0.2) is 0 Å². The quantitative estimate of drug-likeness (QED) is 0.216. The minimum atomic E-state index is -1.14. The molecule has 7 nitrogen and oxygen atoms in total. The number of aromatic nitrogens is 1. The van der Waals surface area contributed by atoms with Crippen molar-refractivity contribution in [2.75, 3.05) is 20.6 Å². The normalized spacial score (nSPS) is 13.2. The molecule has 8 heteroatoms. The number of carboxylic acids is 1. The third-order valence-corrected chi connectivity index (χ3v) is 8.09. The highest BCUT2D eigenvalue weighted by molar-refractivity contribution is 5.91. The molecule has 0 saturated heterocycles. The summed E-state index contributed by atoms with van der Waals surface area (Å²) >= 11 is 0. The van der Waals surface area contributed by atoms with E-state index in [-0.39, 0.29) is 17.0 Å². The molecule has 1 N–H and O–H groups in total. The van der Waals surface area contributed by atoms with Gasteiger partial charge in [0.2, 0.25) is 0 Å². The molecule has 2 atom stereocenters. The zero-order valence-electron chi connectivity index (χ0n) is 27.3. The Hall–Kier alpha value is -3.91. The number of likely N-dealkylation sites (N-methyl/N-ethyl adjacent to an activating group) is 1. The van der Waals surface area contributed by atoms with Crippen LogP contribution in [0.25, 0.3) is 11.1 Å². The molecule has 44 heavy (non-hydrogen) atoms. The number of carbonyl (C=O) groups excluding carboxylic acids is 1. The first-order valence-electron chi connectivity index (χ1n) is 15.2. The average molecular weight is 604 g/mol. The van der Waals surface area contributed by atoms with Crippen LogP contribution in [0.5, 0.6) is 0 Å². The molecular weight excluding hydrogens is 557 g/mol. The van der Waals surface area contributed by atoms with Crippen LogP contribution in [-0.2, 0) is 16.0 Å². The highest BCUT2D eigenvalue weighted by atomic mass is 19.1. The molecule has 0 aliphatic carbocycles. The lowest BCUT2D eigenvalue weighted by atomic mass is 9.88.